The third-order valence-corrected chi connectivity index (χ3v) is 7.17. The van der Waals surface area contributed by atoms with Crippen molar-refractivity contribution in [2.75, 3.05) is 37.0 Å². The fraction of sp³-hybridized carbons (Fsp3) is 0.714. The van der Waals surface area contributed by atoms with Gasteiger partial charge in [-0.25, -0.2) is 18.4 Å². The molecule has 2 fully saturated rings. The maximum atomic E-state index is 12.5. The number of anilines is 1. The molecule has 0 radical (unpaired) electrons. The number of sulfone groups is 1. The summed E-state index contributed by atoms with van der Waals surface area (Å²) in [6.07, 6.45) is 1.00. The Labute approximate surface area is 140 Å². The minimum atomic E-state index is -3.47. The SMILES string of the molecule is CC1COCCN1c1cc(C2(S(=O)(=O)CCO)CC2)nc(Cl)n1. The molecule has 1 saturated carbocycles. The Morgan fingerprint density at radius 3 is 2.83 bits per heavy atom. The average molecular weight is 362 g/mol. The summed E-state index contributed by atoms with van der Waals surface area (Å²) in [6.45, 7) is 3.48. The number of aliphatic hydroxyl groups excluding tert-OH is 1. The van der Waals surface area contributed by atoms with E-state index in [1.807, 2.05) is 6.92 Å². The third kappa shape index (κ3) is 3.05. The molecule has 1 aromatic rings. The molecule has 23 heavy (non-hydrogen) atoms. The predicted molar refractivity (Wildman–Crippen MR) is 86.5 cm³/mol. The van der Waals surface area contributed by atoms with Gasteiger partial charge in [0.1, 0.15) is 10.6 Å². The average Bonchev–Trinajstić information content (AvgIpc) is 3.29. The van der Waals surface area contributed by atoms with Gasteiger partial charge in [0, 0.05) is 12.6 Å². The first-order chi connectivity index (χ1) is 10.9. The second-order valence-corrected chi connectivity index (χ2v) is 8.79. The Bertz CT molecular complexity index is 693. The van der Waals surface area contributed by atoms with Gasteiger partial charge in [-0.15, -0.1) is 0 Å². The lowest BCUT2D eigenvalue weighted by molar-refractivity contribution is 0.0985. The van der Waals surface area contributed by atoms with Crippen molar-refractivity contribution in [2.24, 2.45) is 0 Å². The van der Waals surface area contributed by atoms with Gasteiger partial charge in [-0.2, -0.15) is 0 Å². The number of ether oxygens (including phenoxy) is 1. The molecule has 0 aromatic carbocycles. The van der Waals surface area contributed by atoms with Crippen molar-refractivity contribution in [3.05, 3.63) is 17.0 Å². The minimum Gasteiger partial charge on any atom is -0.395 e. The Balaban J connectivity index is 1.98. The summed E-state index contributed by atoms with van der Waals surface area (Å²) < 4.78 is 29.4. The second kappa shape index (κ2) is 6.16. The van der Waals surface area contributed by atoms with E-state index in [-0.39, 0.29) is 17.1 Å². The molecule has 1 aliphatic heterocycles. The van der Waals surface area contributed by atoms with Gasteiger partial charge in [-0.05, 0) is 31.4 Å². The minimum absolute atomic E-state index is 0.0432. The zero-order valence-corrected chi connectivity index (χ0v) is 14.5. The molecule has 9 heteroatoms. The number of morpholine rings is 1. The van der Waals surface area contributed by atoms with Crippen molar-refractivity contribution in [2.45, 2.75) is 30.6 Å². The number of nitrogens with zero attached hydrogens (tertiary/aromatic N) is 3. The van der Waals surface area contributed by atoms with E-state index in [0.717, 1.165) is 0 Å². The van der Waals surface area contributed by atoms with E-state index < -0.39 is 21.2 Å². The molecule has 1 aromatic heterocycles. The van der Waals surface area contributed by atoms with Gasteiger partial charge in [0.2, 0.25) is 5.28 Å². The summed E-state index contributed by atoms with van der Waals surface area (Å²) in [5.41, 5.74) is 0.430. The van der Waals surface area contributed by atoms with Gasteiger partial charge in [-0.3, -0.25) is 0 Å². The molecule has 2 aliphatic rings. The number of hydrogen-bond donors (Lipinski definition) is 1. The van der Waals surface area contributed by atoms with E-state index >= 15 is 0 Å². The van der Waals surface area contributed by atoms with E-state index in [0.29, 0.717) is 44.1 Å². The van der Waals surface area contributed by atoms with Gasteiger partial charge in [0.05, 0.1) is 37.3 Å². The second-order valence-electron chi connectivity index (χ2n) is 6.03. The van der Waals surface area contributed by atoms with Crippen LogP contribution in [0.3, 0.4) is 0 Å². The molecule has 0 spiro atoms. The van der Waals surface area contributed by atoms with Gasteiger partial charge in [0.15, 0.2) is 9.84 Å². The van der Waals surface area contributed by atoms with Crippen LogP contribution in [-0.2, 0) is 19.3 Å². The quantitative estimate of drug-likeness (QED) is 0.773. The molecule has 7 nitrogen and oxygen atoms in total. The van der Waals surface area contributed by atoms with Crippen molar-refractivity contribution in [1.82, 2.24) is 9.97 Å². The first-order valence-corrected chi connectivity index (χ1v) is 9.65. The number of aliphatic hydroxyl groups is 1. The molecule has 1 saturated heterocycles. The highest BCUT2D eigenvalue weighted by molar-refractivity contribution is 7.92. The smallest absolute Gasteiger partial charge is 0.224 e. The van der Waals surface area contributed by atoms with E-state index in [1.54, 1.807) is 6.07 Å². The molecule has 128 valence electrons. The largest absolute Gasteiger partial charge is 0.395 e. The number of aromatic nitrogens is 2. The molecule has 3 rings (SSSR count). The van der Waals surface area contributed by atoms with Crippen molar-refractivity contribution in [3.8, 4) is 0 Å². The van der Waals surface area contributed by atoms with Crippen LogP contribution in [0.2, 0.25) is 5.28 Å². The highest BCUT2D eigenvalue weighted by atomic mass is 35.5. The van der Waals surface area contributed by atoms with Gasteiger partial charge in [-0.1, -0.05) is 0 Å². The molecule has 0 amide bonds. The Hall–Kier alpha value is -0.960. The fourth-order valence-electron chi connectivity index (χ4n) is 3.01. The summed E-state index contributed by atoms with van der Waals surface area (Å²) in [7, 11) is -3.47. The maximum Gasteiger partial charge on any atom is 0.224 e. The zero-order valence-electron chi connectivity index (χ0n) is 12.9. The summed E-state index contributed by atoms with van der Waals surface area (Å²) in [6, 6.07) is 1.85. The van der Waals surface area contributed by atoms with Crippen molar-refractivity contribution in [3.63, 3.8) is 0 Å². The normalized spacial score (nSPS) is 23.8. The van der Waals surface area contributed by atoms with Gasteiger partial charge in [0.25, 0.3) is 0 Å². The number of rotatable bonds is 5. The van der Waals surface area contributed by atoms with Crippen LogP contribution in [0.5, 0.6) is 0 Å². The molecule has 0 bridgehead atoms. The van der Waals surface area contributed by atoms with Crippen LogP contribution < -0.4 is 4.90 Å². The van der Waals surface area contributed by atoms with E-state index in [4.69, 9.17) is 21.4 Å². The Kier molecular flexibility index (Phi) is 4.52. The van der Waals surface area contributed by atoms with Crippen LogP contribution in [0.25, 0.3) is 0 Å². The Morgan fingerprint density at radius 2 is 2.22 bits per heavy atom. The highest BCUT2D eigenvalue weighted by Gasteiger charge is 2.56. The zero-order chi connectivity index (χ0) is 16.7. The topological polar surface area (TPSA) is 92.6 Å². The lowest BCUT2D eigenvalue weighted by Gasteiger charge is -2.34. The van der Waals surface area contributed by atoms with Crippen molar-refractivity contribution in [1.29, 1.82) is 0 Å². The maximum absolute atomic E-state index is 12.5. The van der Waals surface area contributed by atoms with Crippen LogP contribution in [-0.4, -0.2) is 61.7 Å². The lowest BCUT2D eigenvalue weighted by atomic mass is 10.2. The molecule has 1 aliphatic carbocycles. The molecule has 1 N–H and O–H groups in total. The van der Waals surface area contributed by atoms with Crippen molar-refractivity contribution < 1.29 is 18.3 Å². The van der Waals surface area contributed by atoms with Gasteiger partial charge >= 0.3 is 0 Å². The van der Waals surface area contributed by atoms with E-state index in [1.165, 1.54) is 0 Å². The summed E-state index contributed by atoms with van der Waals surface area (Å²) in [5.74, 6) is 0.360. The highest BCUT2D eigenvalue weighted by Crippen LogP contribution is 2.53. The molecule has 1 unspecified atom stereocenters. The summed E-state index contributed by atoms with van der Waals surface area (Å²) >= 11 is 6.05. The van der Waals surface area contributed by atoms with Crippen LogP contribution >= 0.6 is 11.6 Å². The third-order valence-electron chi connectivity index (χ3n) is 4.47. The predicted octanol–water partition coefficient (Wildman–Crippen LogP) is 0.751. The summed E-state index contributed by atoms with van der Waals surface area (Å²) in [5, 5.41) is 9.07. The molecular formula is C14H20ClN3O4S. The van der Waals surface area contributed by atoms with Crippen molar-refractivity contribution >= 4 is 27.3 Å². The monoisotopic (exact) mass is 361 g/mol. The Morgan fingerprint density at radius 1 is 1.48 bits per heavy atom. The van der Waals surface area contributed by atoms with E-state index in [2.05, 4.69) is 14.9 Å². The van der Waals surface area contributed by atoms with Gasteiger partial charge < -0.3 is 14.7 Å². The van der Waals surface area contributed by atoms with E-state index in [9.17, 15) is 8.42 Å². The molecule has 1 atom stereocenters. The van der Waals surface area contributed by atoms with Crippen LogP contribution in [0, 0.1) is 0 Å². The lowest BCUT2D eigenvalue weighted by Crippen LogP contribution is -2.44. The fourth-order valence-corrected chi connectivity index (χ4v) is 4.97. The first kappa shape index (κ1) is 16.9. The first-order valence-electron chi connectivity index (χ1n) is 7.62. The molecular weight excluding hydrogens is 342 g/mol. The standard InChI is InChI=1S/C14H20ClN3O4S/c1-10-9-22-6-4-18(10)12-8-11(16-13(15)17-12)14(2-3-14)23(20,21)7-5-19/h8,10,19H,2-7,9H2,1H3. The molecule has 2 heterocycles. The summed E-state index contributed by atoms with van der Waals surface area (Å²) in [4.78, 5) is 10.5. The van der Waals surface area contributed by atoms with Crippen LogP contribution in [0.4, 0.5) is 5.82 Å². The number of hydrogen-bond acceptors (Lipinski definition) is 7. The van der Waals surface area contributed by atoms with Crippen LogP contribution in [0.1, 0.15) is 25.5 Å². The number of halogens is 1. The van der Waals surface area contributed by atoms with Crippen LogP contribution in [0.15, 0.2) is 6.07 Å².